The molecule has 0 aromatic heterocycles. The summed E-state index contributed by atoms with van der Waals surface area (Å²) in [5.41, 5.74) is -0.998. The van der Waals surface area contributed by atoms with Crippen LogP contribution in [0.2, 0.25) is 0 Å². The molecule has 1 aliphatic heterocycles. The van der Waals surface area contributed by atoms with Crippen molar-refractivity contribution in [3.63, 3.8) is 0 Å². The second-order valence-corrected chi connectivity index (χ2v) is 6.09. The van der Waals surface area contributed by atoms with Gasteiger partial charge in [0, 0.05) is 12.1 Å². The SMILES string of the molecule is COc1cc(O)c2c(c1)O[C@H](C1(O)CCC(O)CC1)CC2=O. The average molecular weight is 308 g/mol. The molecule has 1 atom stereocenters. The Morgan fingerprint density at radius 1 is 1.32 bits per heavy atom. The molecule has 0 amide bonds. The maximum absolute atomic E-state index is 12.3. The van der Waals surface area contributed by atoms with E-state index < -0.39 is 17.8 Å². The zero-order chi connectivity index (χ0) is 15.9. The highest BCUT2D eigenvalue weighted by atomic mass is 16.5. The zero-order valence-electron chi connectivity index (χ0n) is 12.4. The molecule has 3 rings (SSSR count). The lowest BCUT2D eigenvalue weighted by molar-refractivity contribution is -0.104. The number of hydrogen-bond donors (Lipinski definition) is 3. The Bertz CT molecular complexity index is 589. The fraction of sp³-hybridized carbons (Fsp3) is 0.562. The number of rotatable bonds is 2. The van der Waals surface area contributed by atoms with Crippen molar-refractivity contribution in [2.24, 2.45) is 0 Å². The number of Topliss-reactive ketones (excluding diaryl/α,β-unsaturated/α-hetero) is 1. The van der Waals surface area contributed by atoms with Crippen LogP contribution in [0.5, 0.6) is 17.2 Å². The fourth-order valence-electron chi connectivity index (χ4n) is 3.26. The molecule has 0 radical (unpaired) electrons. The van der Waals surface area contributed by atoms with Crippen LogP contribution in [-0.4, -0.2) is 46.0 Å². The number of methoxy groups -OCH3 is 1. The van der Waals surface area contributed by atoms with E-state index in [-0.39, 0.29) is 29.3 Å². The van der Waals surface area contributed by atoms with Crippen LogP contribution in [0.15, 0.2) is 12.1 Å². The molecule has 0 unspecified atom stereocenters. The van der Waals surface area contributed by atoms with Crippen molar-refractivity contribution in [1.29, 1.82) is 0 Å². The molecule has 1 aromatic rings. The smallest absolute Gasteiger partial charge is 0.174 e. The van der Waals surface area contributed by atoms with Gasteiger partial charge < -0.3 is 24.8 Å². The Morgan fingerprint density at radius 2 is 2.00 bits per heavy atom. The molecular weight excluding hydrogens is 288 g/mol. The molecule has 6 nitrogen and oxygen atoms in total. The van der Waals surface area contributed by atoms with Crippen LogP contribution in [-0.2, 0) is 0 Å². The second kappa shape index (κ2) is 5.44. The Balaban J connectivity index is 1.90. The molecule has 1 aromatic carbocycles. The van der Waals surface area contributed by atoms with Gasteiger partial charge in [-0.1, -0.05) is 0 Å². The molecule has 0 saturated heterocycles. The third-order valence-electron chi connectivity index (χ3n) is 4.63. The van der Waals surface area contributed by atoms with E-state index >= 15 is 0 Å². The highest BCUT2D eigenvalue weighted by Gasteiger charge is 2.45. The van der Waals surface area contributed by atoms with E-state index in [4.69, 9.17) is 9.47 Å². The van der Waals surface area contributed by atoms with E-state index in [1.165, 1.54) is 13.2 Å². The third kappa shape index (κ3) is 2.53. The van der Waals surface area contributed by atoms with Crippen molar-refractivity contribution in [2.75, 3.05) is 7.11 Å². The van der Waals surface area contributed by atoms with Gasteiger partial charge in [-0.05, 0) is 25.7 Å². The lowest BCUT2D eigenvalue weighted by Crippen LogP contribution is -2.51. The molecule has 0 bridgehead atoms. The minimum absolute atomic E-state index is 0.0134. The summed E-state index contributed by atoms with van der Waals surface area (Å²) in [6, 6.07) is 2.91. The largest absolute Gasteiger partial charge is 0.507 e. The molecular formula is C16H20O6. The van der Waals surface area contributed by atoms with Gasteiger partial charge in [-0.3, -0.25) is 4.79 Å². The van der Waals surface area contributed by atoms with Crippen molar-refractivity contribution >= 4 is 5.78 Å². The third-order valence-corrected chi connectivity index (χ3v) is 4.63. The number of phenols is 1. The van der Waals surface area contributed by atoms with E-state index in [1.54, 1.807) is 6.07 Å². The number of aromatic hydroxyl groups is 1. The van der Waals surface area contributed by atoms with Gasteiger partial charge in [0.1, 0.15) is 34.5 Å². The molecule has 1 saturated carbocycles. The number of aliphatic hydroxyl groups is 2. The molecule has 120 valence electrons. The topological polar surface area (TPSA) is 96.2 Å². The van der Waals surface area contributed by atoms with E-state index in [9.17, 15) is 20.1 Å². The van der Waals surface area contributed by atoms with Crippen LogP contribution in [0.3, 0.4) is 0 Å². The van der Waals surface area contributed by atoms with Crippen LogP contribution in [0, 0.1) is 0 Å². The average Bonchev–Trinajstić information content (AvgIpc) is 2.49. The summed E-state index contributed by atoms with van der Waals surface area (Å²) in [7, 11) is 1.46. The number of ether oxygens (including phenoxy) is 2. The minimum atomic E-state index is -1.13. The van der Waals surface area contributed by atoms with Gasteiger partial charge in [0.15, 0.2) is 5.78 Å². The van der Waals surface area contributed by atoms with Gasteiger partial charge in [0.2, 0.25) is 0 Å². The number of aliphatic hydroxyl groups excluding tert-OH is 1. The van der Waals surface area contributed by atoms with Gasteiger partial charge in [-0.25, -0.2) is 0 Å². The summed E-state index contributed by atoms with van der Waals surface area (Å²) in [6.45, 7) is 0. The van der Waals surface area contributed by atoms with Crippen LogP contribution < -0.4 is 9.47 Å². The fourth-order valence-corrected chi connectivity index (χ4v) is 3.26. The zero-order valence-corrected chi connectivity index (χ0v) is 12.4. The number of fused-ring (bicyclic) bond motifs is 1. The lowest BCUT2D eigenvalue weighted by atomic mass is 9.77. The Kier molecular flexibility index (Phi) is 3.74. The quantitative estimate of drug-likeness (QED) is 0.764. The van der Waals surface area contributed by atoms with Gasteiger partial charge in [-0.15, -0.1) is 0 Å². The first kappa shape index (κ1) is 15.1. The summed E-state index contributed by atoms with van der Waals surface area (Å²) in [5.74, 6) is 0.184. The van der Waals surface area contributed by atoms with Crippen molar-refractivity contribution < 1.29 is 29.6 Å². The first-order valence-electron chi connectivity index (χ1n) is 7.44. The van der Waals surface area contributed by atoms with E-state index in [2.05, 4.69) is 0 Å². The summed E-state index contributed by atoms with van der Waals surface area (Å²) in [6.07, 6.45) is 0.679. The van der Waals surface area contributed by atoms with E-state index in [0.29, 0.717) is 31.4 Å². The standard InChI is InChI=1S/C16H20O6/c1-21-10-6-11(18)15-12(19)8-14(22-13(15)7-10)16(20)4-2-9(17)3-5-16/h6-7,9,14,17-18,20H,2-5,8H2,1H3/t9?,14-,16?/m0/s1. The van der Waals surface area contributed by atoms with Crippen LogP contribution >= 0.6 is 0 Å². The molecule has 3 N–H and O–H groups in total. The van der Waals surface area contributed by atoms with E-state index in [0.717, 1.165) is 0 Å². The molecule has 2 aliphatic rings. The van der Waals surface area contributed by atoms with Gasteiger partial charge in [0.25, 0.3) is 0 Å². The molecule has 6 heteroatoms. The number of benzene rings is 1. The predicted octanol–water partition coefficient (Wildman–Crippen LogP) is 1.40. The summed E-state index contributed by atoms with van der Waals surface area (Å²) in [5, 5.41) is 30.3. The van der Waals surface area contributed by atoms with Crippen molar-refractivity contribution in [2.45, 2.75) is 49.9 Å². The maximum atomic E-state index is 12.3. The number of carbonyl (C=O) groups excluding carboxylic acids is 1. The maximum Gasteiger partial charge on any atom is 0.174 e. The summed E-state index contributed by atoms with van der Waals surface area (Å²) < 4.78 is 10.9. The lowest BCUT2D eigenvalue weighted by Gasteiger charge is -2.41. The number of hydrogen-bond acceptors (Lipinski definition) is 6. The molecule has 1 aliphatic carbocycles. The Hall–Kier alpha value is -1.79. The van der Waals surface area contributed by atoms with Crippen molar-refractivity contribution in [3.8, 4) is 17.2 Å². The van der Waals surface area contributed by atoms with Crippen LogP contribution in [0.4, 0.5) is 0 Å². The highest BCUT2D eigenvalue weighted by Crippen LogP contribution is 2.42. The van der Waals surface area contributed by atoms with Crippen LogP contribution in [0.1, 0.15) is 42.5 Å². The number of ketones is 1. The Labute approximate surface area is 128 Å². The van der Waals surface area contributed by atoms with Gasteiger partial charge >= 0.3 is 0 Å². The highest BCUT2D eigenvalue weighted by molar-refractivity contribution is 6.02. The molecule has 22 heavy (non-hydrogen) atoms. The number of carbonyl (C=O) groups is 1. The normalized spacial score (nSPS) is 31.3. The summed E-state index contributed by atoms with van der Waals surface area (Å²) in [4.78, 5) is 12.3. The van der Waals surface area contributed by atoms with Gasteiger partial charge in [0.05, 0.1) is 19.6 Å². The number of phenolic OH excluding ortho intramolecular Hbond substituents is 1. The Morgan fingerprint density at radius 3 is 2.64 bits per heavy atom. The van der Waals surface area contributed by atoms with Crippen molar-refractivity contribution in [3.05, 3.63) is 17.7 Å². The predicted molar refractivity (Wildman–Crippen MR) is 77.4 cm³/mol. The first-order valence-corrected chi connectivity index (χ1v) is 7.44. The first-order chi connectivity index (χ1) is 10.4. The van der Waals surface area contributed by atoms with Crippen LogP contribution in [0.25, 0.3) is 0 Å². The second-order valence-electron chi connectivity index (χ2n) is 6.09. The summed E-state index contributed by atoms with van der Waals surface area (Å²) >= 11 is 0. The van der Waals surface area contributed by atoms with E-state index in [1.807, 2.05) is 0 Å². The van der Waals surface area contributed by atoms with Crippen molar-refractivity contribution in [1.82, 2.24) is 0 Å². The molecule has 1 heterocycles. The molecule has 1 fully saturated rings. The molecule has 0 spiro atoms. The monoisotopic (exact) mass is 308 g/mol. The van der Waals surface area contributed by atoms with Gasteiger partial charge in [-0.2, -0.15) is 0 Å². The minimum Gasteiger partial charge on any atom is -0.507 e.